The number of rotatable bonds is 3. The molecule has 0 saturated heterocycles. The molecule has 0 radical (unpaired) electrons. The molecule has 1 amide bonds. The summed E-state index contributed by atoms with van der Waals surface area (Å²) in [6, 6.07) is 0. The predicted octanol–water partition coefficient (Wildman–Crippen LogP) is 2.67. The number of aliphatic carboxylic acids is 1. The first-order valence-corrected chi connectivity index (χ1v) is 6.77. The number of likely N-dealkylation sites (N-methyl/N-ethyl adjacent to an activating group) is 1. The highest BCUT2D eigenvalue weighted by Gasteiger charge is 2.46. The van der Waals surface area contributed by atoms with Crippen molar-refractivity contribution in [3.05, 3.63) is 0 Å². The van der Waals surface area contributed by atoms with E-state index in [-0.39, 0.29) is 11.3 Å². The molecule has 1 unspecified atom stereocenters. The molecule has 18 heavy (non-hydrogen) atoms. The van der Waals surface area contributed by atoms with E-state index in [9.17, 15) is 14.7 Å². The van der Waals surface area contributed by atoms with E-state index >= 15 is 0 Å². The van der Waals surface area contributed by atoms with Gasteiger partial charge in [-0.2, -0.15) is 0 Å². The molecular weight excluding hydrogens is 230 g/mol. The summed E-state index contributed by atoms with van der Waals surface area (Å²) in [5.41, 5.74) is -0.818. The molecule has 1 N–H and O–H groups in total. The molecule has 1 aliphatic carbocycles. The van der Waals surface area contributed by atoms with Crippen molar-refractivity contribution in [3.8, 4) is 0 Å². The topological polar surface area (TPSA) is 57.6 Å². The van der Waals surface area contributed by atoms with Crippen LogP contribution in [0.2, 0.25) is 0 Å². The zero-order chi connectivity index (χ0) is 14.0. The van der Waals surface area contributed by atoms with Gasteiger partial charge in [-0.15, -0.1) is 0 Å². The van der Waals surface area contributed by atoms with Crippen LogP contribution >= 0.6 is 0 Å². The third-order valence-corrected chi connectivity index (χ3v) is 4.27. The van der Waals surface area contributed by atoms with E-state index in [1.54, 1.807) is 0 Å². The van der Waals surface area contributed by atoms with Crippen molar-refractivity contribution >= 4 is 11.9 Å². The lowest BCUT2D eigenvalue weighted by Gasteiger charge is -2.39. The number of hydrogen-bond acceptors (Lipinski definition) is 2. The van der Waals surface area contributed by atoms with E-state index in [2.05, 4.69) is 13.8 Å². The quantitative estimate of drug-likeness (QED) is 0.789. The second-order valence-electron chi connectivity index (χ2n) is 6.12. The summed E-state index contributed by atoms with van der Waals surface area (Å²) in [7, 11) is 0. The Labute approximate surface area is 109 Å². The van der Waals surface area contributed by atoms with Gasteiger partial charge in [-0.1, -0.05) is 13.8 Å². The Balaban J connectivity index is 3.07. The Kier molecular flexibility index (Phi) is 4.41. The molecular formula is C14H25NO3. The van der Waals surface area contributed by atoms with Crippen molar-refractivity contribution in [1.29, 1.82) is 0 Å². The van der Waals surface area contributed by atoms with Crippen LogP contribution in [0.25, 0.3) is 0 Å². The summed E-state index contributed by atoms with van der Waals surface area (Å²) in [5, 5.41) is 9.64. The Morgan fingerprint density at radius 1 is 1.17 bits per heavy atom. The van der Waals surface area contributed by atoms with Crippen molar-refractivity contribution < 1.29 is 14.7 Å². The lowest BCUT2D eigenvalue weighted by Crippen LogP contribution is -2.56. The molecule has 0 heterocycles. The molecule has 0 spiro atoms. The van der Waals surface area contributed by atoms with Gasteiger partial charge in [0.25, 0.3) is 0 Å². The van der Waals surface area contributed by atoms with Gasteiger partial charge < -0.3 is 10.0 Å². The fourth-order valence-corrected chi connectivity index (χ4v) is 3.08. The van der Waals surface area contributed by atoms with Gasteiger partial charge in [-0.3, -0.25) is 4.79 Å². The van der Waals surface area contributed by atoms with Gasteiger partial charge >= 0.3 is 5.97 Å². The summed E-state index contributed by atoms with van der Waals surface area (Å²) in [4.78, 5) is 25.0. The fraction of sp³-hybridized carbons (Fsp3) is 0.857. The van der Waals surface area contributed by atoms with E-state index in [0.29, 0.717) is 19.4 Å². The van der Waals surface area contributed by atoms with Crippen LogP contribution in [0.5, 0.6) is 0 Å². The molecule has 104 valence electrons. The Morgan fingerprint density at radius 2 is 1.78 bits per heavy atom. The van der Waals surface area contributed by atoms with Crippen molar-refractivity contribution in [1.82, 2.24) is 4.90 Å². The minimum atomic E-state index is -0.992. The van der Waals surface area contributed by atoms with Gasteiger partial charge in [0, 0.05) is 13.5 Å². The van der Waals surface area contributed by atoms with Gasteiger partial charge in [0.05, 0.1) is 0 Å². The monoisotopic (exact) mass is 255 g/mol. The van der Waals surface area contributed by atoms with Crippen LogP contribution < -0.4 is 0 Å². The number of carbonyl (C=O) groups excluding carboxylic acids is 1. The summed E-state index contributed by atoms with van der Waals surface area (Å²) in [6.45, 7) is 8.12. The number of carboxylic acids is 1. The number of carbonyl (C=O) groups is 2. The van der Waals surface area contributed by atoms with Crippen LogP contribution in [0, 0.1) is 5.41 Å². The molecule has 1 atom stereocenters. The maximum atomic E-state index is 11.8. The smallest absolute Gasteiger partial charge is 0.329 e. The van der Waals surface area contributed by atoms with Crippen LogP contribution in [0.15, 0.2) is 0 Å². The first-order valence-electron chi connectivity index (χ1n) is 6.77. The van der Waals surface area contributed by atoms with Gasteiger partial charge in [0.15, 0.2) is 0 Å². The van der Waals surface area contributed by atoms with Crippen LogP contribution in [-0.2, 0) is 9.59 Å². The minimum absolute atomic E-state index is 0.139. The average Bonchev–Trinajstić information content (AvgIpc) is 2.39. The van der Waals surface area contributed by atoms with Crippen molar-refractivity contribution in [2.24, 2.45) is 5.41 Å². The average molecular weight is 255 g/mol. The molecule has 1 aliphatic rings. The number of amides is 1. The molecule has 0 aromatic rings. The zero-order valence-electron chi connectivity index (χ0n) is 12.0. The van der Waals surface area contributed by atoms with E-state index in [1.165, 1.54) is 11.8 Å². The largest absolute Gasteiger partial charge is 0.479 e. The van der Waals surface area contributed by atoms with E-state index in [0.717, 1.165) is 19.3 Å². The first-order chi connectivity index (χ1) is 8.25. The first kappa shape index (κ1) is 15.0. The zero-order valence-corrected chi connectivity index (χ0v) is 12.0. The summed E-state index contributed by atoms with van der Waals surface area (Å²) in [5.74, 6) is -0.989. The highest BCUT2D eigenvalue weighted by molar-refractivity contribution is 5.86. The van der Waals surface area contributed by atoms with Crippen molar-refractivity contribution in [3.63, 3.8) is 0 Å². The molecule has 0 bridgehead atoms. The van der Waals surface area contributed by atoms with Crippen LogP contribution in [0.3, 0.4) is 0 Å². The Bertz CT molecular complexity index is 338. The molecule has 0 aliphatic heterocycles. The second kappa shape index (κ2) is 5.29. The minimum Gasteiger partial charge on any atom is -0.479 e. The van der Waals surface area contributed by atoms with Crippen LogP contribution in [0.1, 0.15) is 59.8 Å². The molecule has 1 fully saturated rings. The SMILES string of the molecule is CCN(C(C)=O)C1(C(=O)O)CCCC(C)(C)CC1. The molecule has 0 aromatic heterocycles. The summed E-state index contributed by atoms with van der Waals surface area (Å²) in [6.07, 6.45) is 3.87. The molecule has 4 nitrogen and oxygen atoms in total. The standard InChI is InChI=1S/C14H25NO3/c1-5-15(11(2)16)14(12(17)18)8-6-7-13(3,4)9-10-14/h5-10H2,1-4H3,(H,17,18). The maximum absolute atomic E-state index is 11.8. The summed E-state index contributed by atoms with van der Waals surface area (Å²) < 4.78 is 0. The molecule has 0 aromatic carbocycles. The van der Waals surface area contributed by atoms with Crippen LogP contribution in [-0.4, -0.2) is 34.0 Å². The molecule has 1 saturated carbocycles. The Morgan fingerprint density at radius 3 is 2.22 bits per heavy atom. The fourth-order valence-electron chi connectivity index (χ4n) is 3.08. The molecule has 1 rings (SSSR count). The van der Waals surface area contributed by atoms with Gasteiger partial charge in [-0.25, -0.2) is 4.79 Å². The normalized spacial score (nSPS) is 27.3. The highest BCUT2D eigenvalue weighted by atomic mass is 16.4. The predicted molar refractivity (Wildman–Crippen MR) is 70.3 cm³/mol. The van der Waals surface area contributed by atoms with Crippen molar-refractivity contribution in [2.45, 2.75) is 65.3 Å². The third-order valence-electron chi connectivity index (χ3n) is 4.27. The van der Waals surface area contributed by atoms with E-state index < -0.39 is 11.5 Å². The lowest BCUT2D eigenvalue weighted by atomic mass is 9.83. The third kappa shape index (κ3) is 2.85. The maximum Gasteiger partial charge on any atom is 0.329 e. The number of nitrogens with zero attached hydrogens (tertiary/aromatic N) is 1. The number of hydrogen-bond donors (Lipinski definition) is 1. The van der Waals surface area contributed by atoms with E-state index in [4.69, 9.17) is 0 Å². The van der Waals surface area contributed by atoms with E-state index in [1.807, 2.05) is 6.92 Å². The van der Waals surface area contributed by atoms with Gasteiger partial charge in [0.2, 0.25) is 5.91 Å². The van der Waals surface area contributed by atoms with Gasteiger partial charge in [0.1, 0.15) is 5.54 Å². The highest BCUT2D eigenvalue weighted by Crippen LogP contribution is 2.41. The van der Waals surface area contributed by atoms with Crippen molar-refractivity contribution in [2.75, 3.05) is 6.54 Å². The second-order valence-corrected chi connectivity index (χ2v) is 6.12. The number of carboxylic acid groups (broad SMARTS) is 1. The Hall–Kier alpha value is -1.06. The summed E-state index contributed by atoms with van der Waals surface area (Å²) >= 11 is 0. The van der Waals surface area contributed by atoms with Crippen LogP contribution in [0.4, 0.5) is 0 Å². The lowest BCUT2D eigenvalue weighted by molar-refractivity contribution is -0.159. The molecule has 4 heteroatoms. The van der Waals surface area contributed by atoms with Gasteiger partial charge in [-0.05, 0) is 44.4 Å².